The molecule has 3 rings (SSSR count). The quantitative estimate of drug-likeness (QED) is 0.422. The van der Waals surface area contributed by atoms with E-state index < -0.39 is 23.9 Å². The average molecular weight is 480 g/mol. The predicted octanol–water partition coefficient (Wildman–Crippen LogP) is 5.38. The molecule has 1 fully saturated rings. The predicted molar refractivity (Wildman–Crippen MR) is 134 cm³/mol. The number of nitrogens with one attached hydrogen (secondary N) is 1. The van der Waals surface area contributed by atoms with Crippen molar-refractivity contribution in [3.63, 3.8) is 0 Å². The molecule has 2 N–H and O–H groups in total. The van der Waals surface area contributed by atoms with Gasteiger partial charge in [0, 0.05) is 13.0 Å². The van der Waals surface area contributed by atoms with Gasteiger partial charge in [-0.25, -0.2) is 0 Å². The second kappa shape index (κ2) is 12.5. The van der Waals surface area contributed by atoms with E-state index in [9.17, 15) is 19.5 Å². The van der Waals surface area contributed by atoms with Crippen LogP contribution in [0.15, 0.2) is 60.7 Å². The van der Waals surface area contributed by atoms with Crippen LogP contribution in [0.5, 0.6) is 0 Å². The highest BCUT2D eigenvalue weighted by Gasteiger charge is 2.46. The molecule has 2 aromatic rings. The molecule has 4 atom stereocenters. The van der Waals surface area contributed by atoms with E-state index in [4.69, 9.17) is 4.74 Å². The van der Waals surface area contributed by atoms with E-state index in [0.717, 1.165) is 24.0 Å². The van der Waals surface area contributed by atoms with Gasteiger partial charge in [0.05, 0.1) is 11.8 Å². The molecule has 1 aliphatic rings. The van der Waals surface area contributed by atoms with Crippen LogP contribution < -0.4 is 5.32 Å². The Labute approximate surface area is 208 Å². The molecule has 0 bridgehead atoms. The standard InChI is InChI=1S/C29H37NO5/c1-4-20(5-2)16-26(30-19(3)31)24-17-23(18-25(24)28(32)33)29(34)35-27(21-12-8-6-9-13-21)22-14-10-7-11-15-22/h6-15,20,23-27H,4-5,16-18H2,1-3H3,(H,30,31)(H,32,33)/t23-,24-,25-,26+/m1/s1. The molecule has 0 aromatic heterocycles. The number of aliphatic carboxylic acids is 1. The fourth-order valence-corrected chi connectivity index (χ4v) is 5.37. The van der Waals surface area contributed by atoms with Gasteiger partial charge in [-0.1, -0.05) is 87.4 Å². The van der Waals surface area contributed by atoms with Crippen molar-refractivity contribution in [2.75, 3.05) is 0 Å². The smallest absolute Gasteiger partial charge is 0.309 e. The van der Waals surface area contributed by atoms with E-state index >= 15 is 0 Å². The van der Waals surface area contributed by atoms with Crippen LogP contribution in [0, 0.1) is 23.7 Å². The molecular formula is C29H37NO5. The normalized spacial score (nSPS) is 20.5. The SMILES string of the molecule is CCC(CC)C[C@H](NC(C)=O)[C@@H]1C[C@@H](C(=O)OC(c2ccccc2)c2ccccc2)C[C@H]1C(=O)O. The maximum atomic E-state index is 13.4. The Morgan fingerprint density at radius 1 is 0.943 bits per heavy atom. The molecule has 0 heterocycles. The highest BCUT2D eigenvalue weighted by molar-refractivity contribution is 5.78. The van der Waals surface area contributed by atoms with Gasteiger partial charge in [-0.3, -0.25) is 14.4 Å². The van der Waals surface area contributed by atoms with Crippen LogP contribution in [0.3, 0.4) is 0 Å². The summed E-state index contributed by atoms with van der Waals surface area (Å²) in [7, 11) is 0. The summed E-state index contributed by atoms with van der Waals surface area (Å²) in [5, 5.41) is 13.0. The molecule has 6 heteroatoms. The molecule has 0 saturated heterocycles. The van der Waals surface area contributed by atoms with Gasteiger partial charge < -0.3 is 15.2 Å². The monoisotopic (exact) mass is 479 g/mol. The van der Waals surface area contributed by atoms with E-state index in [-0.39, 0.29) is 30.3 Å². The summed E-state index contributed by atoms with van der Waals surface area (Å²) in [6.45, 7) is 5.67. The number of ether oxygens (including phenoxy) is 1. The molecule has 2 aromatic carbocycles. The first kappa shape index (κ1) is 26.5. The van der Waals surface area contributed by atoms with Crippen LogP contribution in [0.4, 0.5) is 0 Å². The number of esters is 1. The number of carboxylic acid groups (broad SMARTS) is 1. The van der Waals surface area contributed by atoms with E-state index in [1.807, 2.05) is 60.7 Å². The van der Waals surface area contributed by atoms with Gasteiger partial charge in [-0.05, 0) is 42.2 Å². The minimum atomic E-state index is -0.923. The zero-order valence-electron chi connectivity index (χ0n) is 20.9. The number of rotatable bonds is 11. The molecule has 0 aliphatic heterocycles. The van der Waals surface area contributed by atoms with Crippen LogP contribution >= 0.6 is 0 Å². The number of carbonyl (C=O) groups is 3. The van der Waals surface area contributed by atoms with Gasteiger partial charge in [0.1, 0.15) is 0 Å². The Hall–Kier alpha value is -3.15. The first-order valence-electron chi connectivity index (χ1n) is 12.6. The molecule has 6 nitrogen and oxygen atoms in total. The maximum absolute atomic E-state index is 13.4. The summed E-state index contributed by atoms with van der Waals surface area (Å²) in [6.07, 6.45) is 2.66. The minimum Gasteiger partial charge on any atom is -0.481 e. The first-order valence-corrected chi connectivity index (χ1v) is 12.6. The van der Waals surface area contributed by atoms with Crippen molar-refractivity contribution in [1.82, 2.24) is 5.32 Å². The summed E-state index contributed by atoms with van der Waals surface area (Å²) in [6, 6.07) is 18.8. The fraction of sp³-hybridized carbons (Fsp3) is 0.483. The summed E-state index contributed by atoms with van der Waals surface area (Å²) < 4.78 is 6.05. The zero-order valence-corrected chi connectivity index (χ0v) is 20.9. The Morgan fingerprint density at radius 2 is 1.49 bits per heavy atom. The molecule has 1 aliphatic carbocycles. The lowest BCUT2D eigenvalue weighted by molar-refractivity contribution is -0.152. The molecule has 1 saturated carbocycles. The van der Waals surface area contributed by atoms with Crippen molar-refractivity contribution in [3.8, 4) is 0 Å². The largest absolute Gasteiger partial charge is 0.481 e. The highest BCUT2D eigenvalue weighted by Crippen LogP contribution is 2.42. The molecular weight excluding hydrogens is 442 g/mol. The molecule has 1 amide bonds. The van der Waals surface area contributed by atoms with Crippen LogP contribution in [-0.4, -0.2) is 29.0 Å². The third-order valence-corrected chi connectivity index (χ3v) is 7.35. The topological polar surface area (TPSA) is 92.7 Å². The number of hydrogen-bond acceptors (Lipinski definition) is 4. The number of amides is 1. The number of benzene rings is 2. The Balaban J connectivity index is 1.82. The lowest BCUT2D eigenvalue weighted by Gasteiger charge is -2.30. The van der Waals surface area contributed by atoms with Crippen molar-refractivity contribution in [1.29, 1.82) is 0 Å². The first-order chi connectivity index (χ1) is 16.8. The molecule has 0 unspecified atom stereocenters. The van der Waals surface area contributed by atoms with E-state index in [0.29, 0.717) is 18.8 Å². The Kier molecular flexibility index (Phi) is 9.47. The maximum Gasteiger partial charge on any atom is 0.309 e. The van der Waals surface area contributed by atoms with Crippen LogP contribution in [0.1, 0.15) is 70.1 Å². The van der Waals surface area contributed by atoms with Gasteiger partial charge in [0.15, 0.2) is 6.10 Å². The van der Waals surface area contributed by atoms with Crippen LogP contribution in [0.25, 0.3) is 0 Å². The molecule has 188 valence electrons. The van der Waals surface area contributed by atoms with Gasteiger partial charge in [-0.2, -0.15) is 0 Å². The van der Waals surface area contributed by atoms with E-state index in [1.165, 1.54) is 6.92 Å². The van der Waals surface area contributed by atoms with Crippen molar-refractivity contribution in [2.24, 2.45) is 23.7 Å². The van der Waals surface area contributed by atoms with Crippen molar-refractivity contribution in [2.45, 2.75) is 65.0 Å². The summed E-state index contributed by atoms with van der Waals surface area (Å²) in [4.78, 5) is 37.6. The molecule has 0 radical (unpaired) electrons. The molecule has 35 heavy (non-hydrogen) atoms. The second-order valence-electron chi connectivity index (χ2n) is 9.64. The third-order valence-electron chi connectivity index (χ3n) is 7.35. The number of hydrogen-bond donors (Lipinski definition) is 2. The van der Waals surface area contributed by atoms with E-state index in [1.54, 1.807) is 0 Å². The van der Waals surface area contributed by atoms with Gasteiger partial charge in [-0.15, -0.1) is 0 Å². The van der Waals surface area contributed by atoms with Crippen molar-refractivity contribution >= 4 is 17.8 Å². The Bertz CT molecular complexity index is 934. The molecule has 0 spiro atoms. The van der Waals surface area contributed by atoms with Crippen molar-refractivity contribution in [3.05, 3.63) is 71.8 Å². The zero-order chi connectivity index (χ0) is 25.4. The van der Waals surface area contributed by atoms with Crippen molar-refractivity contribution < 1.29 is 24.2 Å². The van der Waals surface area contributed by atoms with Gasteiger partial charge in [0.2, 0.25) is 5.91 Å². The summed E-state index contributed by atoms with van der Waals surface area (Å²) in [5.74, 6) is -2.66. The lowest BCUT2D eigenvalue weighted by Crippen LogP contribution is -2.43. The minimum absolute atomic E-state index is 0.177. The van der Waals surface area contributed by atoms with Gasteiger partial charge >= 0.3 is 11.9 Å². The van der Waals surface area contributed by atoms with Gasteiger partial charge in [0.25, 0.3) is 0 Å². The average Bonchev–Trinajstić information content (AvgIpc) is 3.32. The summed E-state index contributed by atoms with van der Waals surface area (Å²) >= 11 is 0. The number of carboxylic acids is 1. The summed E-state index contributed by atoms with van der Waals surface area (Å²) in [5.41, 5.74) is 1.72. The highest BCUT2D eigenvalue weighted by atomic mass is 16.5. The van der Waals surface area contributed by atoms with Crippen LogP contribution in [0.2, 0.25) is 0 Å². The third kappa shape index (κ3) is 6.93. The van der Waals surface area contributed by atoms with E-state index in [2.05, 4.69) is 19.2 Å². The number of carbonyl (C=O) groups excluding carboxylic acids is 2. The second-order valence-corrected chi connectivity index (χ2v) is 9.64. The lowest BCUT2D eigenvalue weighted by atomic mass is 9.82. The fourth-order valence-electron chi connectivity index (χ4n) is 5.37. The van der Waals surface area contributed by atoms with Crippen LogP contribution in [-0.2, 0) is 19.1 Å². The Morgan fingerprint density at radius 3 is 1.94 bits per heavy atom.